The molecule has 0 saturated carbocycles. The Morgan fingerprint density at radius 2 is 1.89 bits per heavy atom. The second-order valence-corrected chi connectivity index (χ2v) is 10.5. The van der Waals surface area contributed by atoms with E-state index in [1.807, 2.05) is 12.1 Å². The average Bonchev–Trinajstić information content (AvgIpc) is 3.22. The van der Waals surface area contributed by atoms with Crippen molar-refractivity contribution in [3.8, 4) is 5.88 Å². The Hall–Kier alpha value is -3.20. The standard InChI is InChI=1S/C29H31ClFN5O2/c1-20-5-8-25-26(15-20)36(17-23-9-14-37-23)28(32-25)18-34-10-12-35(13-11-34)27-3-2-4-29(33-27)38-19-21-6-7-22(30)16-24(21)31/h2-8,15-16,23H,9-14,17-19H2,1H3. The maximum atomic E-state index is 14.1. The van der Waals surface area contributed by atoms with Crippen LogP contribution in [-0.2, 0) is 24.4 Å². The fourth-order valence-electron chi connectivity index (χ4n) is 5.03. The first-order valence-corrected chi connectivity index (χ1v) is 13.5. The van der Waals surface area contributed by atoms with E-state index < -0.39 is 0 Å². The van der Waals surface area contributed by atoms with Crippen molar-refractivity contribution in [2.24, 2.45) is 0 Å². The third kappa shape index (κ3) is 5.48. The lowest BCUT2D eigenvalue weighted by Gasteiger charge is -2.35. The number of aromatic nitrogens is 3. The van der Waals surface area contributed by atoms with Crippen LogP contribution < -0.4 is 9.64 Å². The van der Waals surface area contributed by atoms with Gasteiger partial charge >= 0.3 is 0 Å². The maximum absolute atomic E-state index is 14.1. The van der Waals surface area contributed by atoms with E-state index >= 15 is 0 Å². The third-order valence-corrected chi connectivity index (χ3v) is 7.56. The third-order valence-electron chi connectivity index (χ3n) is 7.32. The minimum atomic E-state index is -0.381. The summed E-state index contributed by atoms with van der Waals surface area (Å²) in [7, 11) is 0. The summed E-state index contributed by atoms with van der Waals surface area (Å²) in [6.07, 6.45) is 1.38. The van der Waals surface area contributed by atoms with Crippen molar-refractivity contribution in [1.29, 1.82) is 0 Å². The number of rotatable bonds is 8. The average molecular weight is 536 g/mol. The summed E-state index contributed by atoms with van der Waals surface area (Å²) in [5.74, 6) is 2.05. The van der Waals surface area contributed by atoms with Crippen LogP contribution in [0.3, 0.4) is 0 Å². The molecule has 0 N–H and O–H groups in total. The lowest BCUT2D eigenvalue weighted by atomic mass is 10.1. The van der Waals surface area contributed by atoms with Crippen molar-refractivity contribution in [3.63, 3.8) is 0 Å². The number of halogens is 2. The lowest BCUT2D eigenvalue weighted by molar-refractivity contribution is -0.0592. The molecular weight excluding hydrogens is 505 g/mol. The highest BCUT2D eigenvalue weighted by Gasteiger charge is 2.24. The summed E-state index contributed by atoms with van der Waals surface area (Å²) in [6.45, 7) is 8.25. The van der Waals surface area contributed by atoms with Gasteiger partial charge < -0.3 is 18.9 Å². The number of pyridine rings is 1. The normalized spacial score (nSPS) is 18.1. The SMILES string of the molecule is Cc1ccc2nc(CN3CCN(c4cccc(OCc5ccc(Cl)cc5F)n4)CC3)n(CC3CCO3)c2c1. The number of nitrogens with zero attached hydrogens (tertiary/aromatic N) is 5. The van der Waals surface area contributed by atoms with Gasteiger partial charge in [0.25, 0.3) is 0 Å². The van der Waals surface area contributed by atoms with Crippen molar-refractivity contribution in [2.45, 2.75) is 39.1 Å². The molecule has 4 heterocycles. The van der Waals surface area contributed by atoms with Gasteiger partial charge in [-0.25, -0.2) is 9.37 Å². The first kappa shape index (κ1) is 25.1. The van der Waals surface area contributed by atoms with Crippen LogP contribution in [0.15, 0.2) is 54.6 Å². The molecule has 2 aliphatic heterocycles. The zero-order valence-corrected chi connectivity index (χ0v) is 22.2. The van der Waals surface area contributed by atoms with Gasteiger partial charge in [0.2, 0.25) is 5.88 Å². The van der Waals surface area contributed by atoms with Crippen molar-refractivity contribution < 1.29 is 13.9 Å². The van der Waals surface area contributed by atoms with Crippen LogP contribution in [0.5, 0.6) is 5.88 Å². The minimum Gasteiger partial charge on any atom is -0.473 e. The number of piperazine rings is 1. The van der Waals surface area contributed by atoms with Crippen LogP contribution >= 0.6 is 11.6 Å². The molecule has 0 aliphatic carbocycles. The second kappa shape index (κ2) is 10.9. The fraction of sp³-hybridized carbons (Fsp3) is 0.379. The number of ether oxygens (including phenoxy) is 2. The molecule has 198 valence electrons. The summed E-state index contributed by atoms with van der Waals surface area (Å²) >= 11 is 5.84. The van der Waals surface area contributed by atoms with Crippen LogP contribution in [-0.4, -0.2) is 58.3 Å². The Bertz CT molecular complexity index is 1430. The molecule has 38 heavy (non-hydrogen) atoms. The molecule has 4 aromatic rings. The van der Waals surface area contributed by atoms with Gasteiger partial charge in [-0.1, -0.05) is 29.8 Å². The van der Waals surface area contributed by atoms with E-state index in [0.717, 1.165) is 69.5 Å². The Labute approximate surface area is 226 Å². The Balaban J connectivity index is 1.09. The molecule has 0 spiro atoms. The fourth-order valence-corrected chi connectivity index (χ4v) is 5.18. The smallest absolute Gasteiger partial charge is 0.215 e. The van der Waals surface area contributed by atoms with E-state index in [9.17, 15) is 4.39 Å². The van der Waals surface area contributed by atoms with Crippen LogP contribution in [0.25, 0.3) is 11.0 Å². The molecule has 6 rings (SSSR count). The summed E-state index contributed by atoms with van der Waals surface area (Å²) in [5, 5.41) is 0.366. The summed E-state index contributed by atoms with van der Waals surface area (Å²) < 4.78 is 28.0. The van der Waals surface area contributed by atoms with E-state index in [1.165, 1.54) is 17.1 Å². The van der Waals surface area contributed by atoms with E-state index in [4.69, 9.17) is 26.1 Å². The predicted molar refractivity (Wildman–Crippen MR) is 146 cm³/mol. The van der Waals surface area contributed by atoms with Crippen LogP contribution in [0.4, 0.5) is 10.2 Å². The molecule has 1 unspecified atom stereocenters. The van der Waals surface area contributed by atoms with Crippen LogP contribution in [0.2, 0.25) is 5.02 Å². The van der Waals surface area contributed by atoms with E-state index in [1.54, 1.807) is 18.2 Å². The molecule has 0 bridgehead atoms. The predicted octanol–water partition coefficient (Wildman–Crippen LogP) is 5.22. The van der Waals surface area contributed by atoms with Gasteiger partial charge in [0.05, 0.1) is 30.2 Å². The number of benzene rings is 2. The first-order chi connectivity index (χ1) is 18.5. The van der Waals surface area contributed by atoms with Crippen molar-refractivity contribution in [2.75, 3.05) is 37.7 Å². The van der Waals surface area contributed by atoms with Gasteiger partial charge in [0, 0.05) is 49.4 Å². The van der Waals surface area contributed by atoms with Crippen molar-refractivity contribution in [1.82, 2.24) is 19.4 Å². The molecule has 2 fully saturated rings. The molecule has 2 aliphatic rings. The molecule has 9 heteroatoms. The number of aryl methyl sites for hydroxylation is 1. The van der Waals surface area contributed by atoms with Crippen LogP contribution in [0, 0.1) is 12.7 Å². The van der Waals surface area contributed by atoms with Gasteiger partial charge in [-0.05, 0) is 49.2 Å². The van der Waals surface area contributed by atoms with Gasteiger partial charge in [-0.15, -0.1) is 0 Å². The van der Waals surface area contributed by atoms with E-state index in [-0.39, 0.29) is 18.5 Å². The van der Waals surface area contributed by atoms with E-state index in [0.29, 0.717) is 16.5 Å². The number of anilines is 1. The number of hydrogen-bond acceptors (Lipinski definition) is 6. The first-order valence-electron chi connectivity index (χ1n) is 13.1. The zero-order valence-electron chi connectivity index (χ0n) is 21.4. The number of imidazole rings is 1. The van der Waals surface area contributed by atoms with Gasteiger partial charge in [-0.3, -0.25) is 4.90 Å². The number of hydrogen-bond donors (Lipinski definition) is 0. The Kier molecular flexibility index (Phi) is 7.19. The van der Waals surface area contributed by atoms with Gasteiger partial charge in [0.15, 0.2) is 0 Å². The quantitative estimate of drug-likeness (QED) is 0.308. The number of fused-ring (bicyclic) bond motifs is 1. The van der Waals surface area contributed by atoms with Crippen molar-refractivity contribution in [3.05, 3.63) is 82.4 Å². The molecule has 2 aromatic heterocycles. The molecule has 0 radical (unpaired) electrons. The zero-order chi connectivity index (χ0) is 26.1. The lowest BCUT2D eigenvalue weighted by Crippen LogP contribution is -2.46. The topological polar surface area (TPSA) is 55.7 Å². The molecule has 2 aromatic carbocycles. The highest BCUT2D eigenvalue weighted by molar-refractivity contribution is 6.30. The van der Waals surface area contributed by atoms with Gasteiger partial charge in [0.1, 0.15) is 24.1 Å². The summed E-state index contributed by atoms with van der Waals surface area (Å²) in [5.41, 5.74) is 3.92. The monoisotopic (exact) mass is 535 g/mol. The Morgan fingerprint density at radius 3 is 2.66 bits per heavy atom. The molecule has 1 atom stereocenters. The Morgan fingerprint density at radius 1 is 1.05 bits per heavy atom. The van der Waals surface area contributed by atoms with Crippen LogP contribution in [0.1, 0.15) is 23.4 Å². The van der Waals surface area contributed by atoms with Gasteiger partial charge in [-0.2, -0.15) is 4.98 Å². The molecule has 7 nitrogen and oxygen atoms in total. The van der Waals surface area contributed by atoms with E-state index in [2.05, 4.69) is 44.5 Å². The summed E-state index contributed by atoms with van der Waals surface area (Å²) in [6, 6.07) is 16.8. The highest BCUT2D eigenvalue weighted by Crippen LogP contribution is 2.24. The molecule has 0 amide bonds. The second-order valence-electron chi connectivity index (χ2n) is 10.0. The maximum Gasteiger partial charge on any atom is 0.215 e. The van der Waals surface area contributed by atoms with Crippen molar-refractivity contribution >= 4 is 28.5 Å². The largest absolute Gasteiger partial charge is 0.473 e. The molecule has 2 saturated heterocycles. The molecular formula is C29H31ClFN5O2. The summed E-state index contributed by atoms with van der Waals surface area (Å²) in [4.78, 5) is 14.4. The highest BCUT2D eigenvalue weighted by atomic mass is 35.5. The minimum absolute atomic E-state index is 0.0969.